The number of rotatable bonds is 5. The first kappa shape index (κ1) is 14.0. The van der Waals surface area contributed by atoms with Crippen LogP contribution in [0.2, 0.25) is 0 Å². The number of hydrogen-bond acceptors (Lipinski definition) is 5. The van der Waals surface area contributed by atoms with E-state index in [1.165, 1.54) is 0 Å². The highest BCUT2D eigenvalue weighted by molar-refractivity contribution is 5.62. The van der Waals surface area contributed by atoms with E-state index >= 15 is 0 Å². The lowest BCUT2D eigenvalue weighted by molar-refractivity contribution is 0.0727. The minimum absolute atomic E-state index is 0.00333. The molecule has 106 valence electrons. The highest BCUT2D eigenvalue weighted by Gasteiger charge is 2.23. The van der Waals surface area contributed by atoms with Crippen LogP contribution in [0, 0.1) is 0 Å². The molecule has 2 rings (SSSR count). The Morgan fingerprint density at radius 1 is 1.53 bits per heavy atom. The summed E-state index contributed by atoms with van der Waals surface area (Å²) in [4.78, 5) is 2.14. The lowest BCUT2D eigenvalue weighted by Crippen LogP contribution is -2.47. The van der Waals surface area contributed by atoms with Gasteiger partial charge in [0.1, 0.15) is 5.75 Å². The standard InChI is InChI=1S/C14H22N2O3/c1-2-6-19-14-8-11(3-4-13(14)15)16-5-7-18-10-12(16)9-17/h3-4,8,12,17H,2,5-7,9-10,15H2,1H3. The molecule has 0 radical (unpaired) electrons. The summed E-state index contributed by atoms with van der Waals surface area (Å²) < 4.78 is 11.0. The third-order valence-corrected chi connectivity index (χ3v) is 3.23. The maximum absolute atomic E-state index is 9.41. The fraction of sp³-hybridized carbons (Fsp3) is 0.571. The molecule has 1 atom stereocenters. The Morgan fingerprint density at radius 2 is 2.37 bits per heavy atom. The van der Waals surface area contributed by atoms with Crippen LogP contribution in [-0.2, 0) is 4.74 Å². The third kappa shape index (κ3) is 3.30. The van der Waals surface area contributed by atoms with Gasteiger partial charge in [-0.1, -0.05) is 6.92 Å². The van der Waals surface area contributed by atoms with Crippen LogP contribution in [0.3, 0.4) is 0 Å². The van der Waals surface area contributed by atoms with Crippen molar-refractivity contribution in [2.45, 2.75) is 19.4 Å². The van der Waals surface area contributed by atoms with Crippen LogP contribution in [0.5, 0.6) is 5.75 Å². The van der Waals surface area contributed by atoms with E-state index in [0.29, 0.717) is 31.3 Å². The molecule has 1 saturated heterocycles. The maximum Gasteiger partial charge on any atom is 0.144 e. The number of nitrogen functional groups attached to an aromatic ring is 1. The minimum Gasteiger partial charge on any atom is -0.491 e. The van der Waals surface area contributed by atoms with E-state index in [1.807, 2.05) is 18.2 Å². The van der Waals surface area contributed by atoms with Gasteiger partial charge >= 0.3 is 0 Å². The predicted molar refractivity (Wildman–Crippen MR) is 75.7 cm³/mol. The van der Waals surface area contributed by atoms with E-state index in [2.05, 4.69) is 11.8 Å². The summed E-state index contributed by atoms with van der Waals surface area (Å²) in [5, 5.41) is 9.41. The van der Waals surface area contributed by atoms with Gasteiger partial charge in [-0.15, -0.1) is 0 Å². The summed E-state index contributed by atoms with van der Waals surface area (Å²) in [6.07, 6.45) is 0.945. The van der Waals surface area contributed by atoms with Crippen molar-refractivity contribution in [2.75, 3.05) is 43.6 Å². The van der Waals surface area contributed by atoms with E-state index in [0.717, 1.165) is 18.7 Å². The number of hydrogen-bond donors (Lipinski definition) is 2. The molecular weight excluding hydrogens is 244 g/mol. The first-order valence-corrected chi connectivity index (χ1v) is 6.73. The van der Waals surface area contributed by atoms with Crippen molar-refractivity contribution < 1.29 is 14.6 Å². The maximum atomic E-state index is 9.41. The number of aliphatic hydroxyl groups is 1. The number of ether oxygens (including phenoxy) is 2. The molecule has 0 aliphatic carbocycles. The van der Waals surface area contributed by atoms with Gasteiger partial charge in [0, 0.05) is 18.3 Å². The Kier molecular flexibility index (Phi) is 4.87. The molecule has 1 aromatic rings. The third-order valence-electron chi connectivity index (χ3n) is 3.23. The van der Waals surface area contributed by atoms with Crippen LogP contribution in [0.15, 0.2) is 18.2 Å². The van der Waals surface area contributed by atoms with Crippen LogP contribution in [0.1, 0.15) is 13.3 Å². The first-order chi connectivity index (χ1) is 9.26. The second kappa shape index (κ2) is 6.63. The monoisotopic (exact) mass is 266 g/mol. The van der Waals surface area contributed by atoms with E-state index in [-0.39, 0.29) is 12.6 Å². The lowest BCUT2D eigenvalue weighted by atomic mass is 10.1. The Labute approximate surface area is 113 Å². The van der Waals surface area contributed by atoms with Crippen molar-refractivity contribution in [2.24, 2.45) is 0 Å². The molecule has 1 aliphatic heterocycles. The largest absolute Gasteiger partial charge is 0.491 e. The van der Waals surface area contributed by atoms with Crippen molar-refractivity contribution in [3.63, 3.8) is 0 Å². The van der Waals surface area contributed by atoms with Crippen LogP contribution in [-0.4, -0.2) is 44.1 Å². The summed E-state index contributed by atoms with van der Waals surface area (Å²) in [6, 6.07) is 5.75. The van der Waals surface area contributed by atoms with Gasteiger partial charge in [-0.2, -0.15) is 0 Å². The number of benzene rings is 1. The SMILES string of the molecule is CCCOc1cc(N2CCOCC2CO)ccc1N. The van der Waals surface area contributed by atoms with Gasteiger partial charge in [0.25, 0.3) is 0 Å². The van der Waals surface area contributed by atoms with E-state index in [9.17, 15) is 5.11 Å². The number of nitrogens with two attached hydrogens (primary N) is 1. The van der Waals surface area contributed by atoms with Crippen molar-refractivity contribution in [3.8, 4) is 5.75 Å². The quantitative estimate of drug-likeness (QED) is 0.785. The van der Waals surface area contributed by atoms with Gasteiger partial charge in [-0.3, -0.25) is 0 Å². The molecule has 5 heteroatoms. The highest BCUT2D eigenvalue weighted by Crippen LogP contribution is 2.29. The second-order valence-corrected chi connectivity index (χ2v) is 4.68. The molecule has 1 heterocycles. The van der Waals surface area contributed by atoms with Gasteiger partial charge in [0.05, 0.1) is 38.2 Å². The van der Waals surface area contributed by atoms with Crippen molar-refractivity contribution in [3.05, 3.63) is 18.2 Å². The summed E-state index contributed by atoms with van der Waals surface area (Å²) in [6.45, 7) is 4.78. The van der Waals surface area contributed by atoms with Gasteiger partial charge in [0.2, 0.25) is 0 Å². The van der Waals surface area contributed by atoms with E-state index < -0.39 is 0 Å². The molecule has 0 bridgehead atoms. The Morgan fingerprint density at radius 3 is 3.11 bits per heavy atom. The average molecular weight is 266 g/mol. The van der Waals surface area contributed by atoms with Crippen molar-refractivity contribution >= 4 is 11.4 Å². The number of morpholine rings is 1. The Hall–Kier alpha value is -1.46. The minimum atomic E-state index is -0.00333. The van der Waals surface area contributed by atoms with Gasteiger partial charge in [0.15, 0.2) is 0 Å². The zero-order valence-electron chi connectivity index (χ0n) is 11.3. The molecule has 1 fully saturated rings. The van der Waals surface area contributed by atoms with E-state index in [4.69, 9.17) is 15.2 Å². The smallest absolute Gasteiger partial charge is 0.144 e. The molecule has 0 spiro atoms. The van der Waals surface area contributed by atoms with Crippen molar-refractivity contribution in [1.29, 1.82) is 0 Å². The molecule has 1 aliphatic rings. The molecule has 0 amide bonds. The van der Waals surface area contributed by atoms with Crippen LogP contribution in [0.25, 0.3) is 0 Å². The summed E-state index contributed by atoms with van der Waals surface area (Å²) in [7, 11) is 0. The molecular formula is C14H22N2O3. The van der Waals surface area contributed by atoms with Gasteiger partial charge in [-0.25, -0.2) is 0 Å². The zero-order valence-corrected chi connectivity index (χ0v) is 11.3. The molecule has 0 saturated carbocycles. The van der Waals surface area contributed by atoms with Gasteiger partial charge in [-0.05, 0) is 18.6 Å². The molecule has 19 heavy (non-hydrogen) atoms. The topological polar surface area (TPSA) is 68.0 Å². The lowest BCUT2D eigenvalue weighted by Gasteiger charge is -2.36. The average Bonchev–Trinajstić information content (AvgIpc) is 2.46. The normalized spacial score (nSPS) is 19.5. The van der Waals surface area contributed by atoms with Gasteiger partial charge < -0.3 is 25.2 Å². The summed E-state index contributed by atoms with van der Waals surface area (Å²) >= 11 is 0. The fourth-order valence-electron chi connectivity index (χ4n) is 2.18. The number of aliphatic hydroxyl groups excluding tert-OH is 1. The summed E-state index contributed by atoms with van der Waals surface area (Å²) in [5.41, 5.74) is 7.57. The number of anilines is 2. The molecule has 0 aromatic heterocycles. The summed E-state index contributed by atoms with van der Waals surface area (Å²) in [5.74, 6) is 0.711. The van der Waals surface area contributed by atoms with Crippen LogP contribution >= 0.6 is 0 Å². The highest BCUT2D eigenvalue weighted by atomic mass is 16.5. The zero-order chi connectivity index (χ0) is 13.7. The predicted octanol–water partition coefficient (Wildman–Crippen LogP) is 1.26. The Balaban J connectivity index is 2.18. The first-order valence-electron chi connectivity index (χ1n) is 6.73. The van der Waals surface area contributed by atoms with Crippen LogP contribution in [0.4, 0.5) is 11.4 Å². The molecule has 1 aromatic carbocycles. The number of nitrogens with zero attached hydrogens (tertiary/aromatic N) is 1. The van der Waals surface area contributed by atoms with Crippen molar-refractivity contribution in [1.82, 2.24) is 0 Å². The molecule has 3 N–H and O–H groups in total. The Bertz CT molecular complexity index is 412. The van der Waals surface area contributed by atoms with E-state index in [1.54, 1.807) is 0 Å². The molecule has 5 nitrogen and oxygen atoms in total. The fourth-order valence-corrected chi connectivity index (χ4v) is 2.18. The van der Waals surface area contributed by atoms with Crippen LogP contribution < -0.4 is 15.4 Å². The molecule has 1 unspecified atom stereocenters. The second-order valence-electron chi connectivity index (χ2n) is 4.68.